The maximum atomic E-state index is 12.1. The Balaban J connectivity index is 2.51. The molecule has 0 aliphatic carbocycles. The zero-order valence-electron chi connectivity index (χ0n) is 11.7. The van der Waals surface area contributed by atoms with Gasteiger partial charge < -0.3 is 14.5 Å². The second-order valence-electron chi connectivity index (χ2n) is 4.54. The van der Waals surface area contributed by atoms with Crippen LogP contribution in [0.15, 0.2) is 0 Å². The minimum absolute atomic E-state index is 0.0148. The molecule has 1 saturated heterocycles. The van der Waals surface area contributed by atoms with Gasteiger partial charge in [-0.25, -0.2) is 0 Å². The maximum Gasteiger partial charge on any atom is 0.325 e. The van der Waals surface area contributed by atoms with Crippen molar-refractivity contribution in [3.05, 3.63) is 0 Å². The molecule has 1 heterocycles. The Morgan fingerprint density at radius 2 is 2.11 bits per heavy atom. The van der Waals surface area contributed by atoms with E-state index in [1.165, 1.54) is 4.90 Å². The van der Waals surface area contributed by atoms with E-state index in [1.54, 1.807) is 11.8 Å². The molecule has 1 aliphatic rings. The number of hydrogen-bond acceptors (Lipinski definition) is 4. The summed E-state index contributed by atoms with van der Waals surface area (Å²) in [5.74, 6) is -0.580. The van der Waals surface area contributed by atoms with Crippen molar-refractivity contribution in [2.24, 2.45) is 0 Å². The van der Waals surface area contributed by atoms with E-state index >= 15 is 0 Å². The summed E-state index contributed by atoms with van der Waals surface area (Å²) in [4.78, 5) is 38.0. The molecule has 0 unspecified atom stereocenters. The zero-order chi connectivity index (χ0) is 14.3. The van der Waals surface area contributed by atoms with Crippen LogP contribution in [-0.2, 0) is 19.1 Å². The van der Waals surface area contributed by atoms with Crippen LogP contribution in [0.5, 0.6) is 0 Å². The van der Waals surface area contributed by atoms with Crippen molar-refractivity contribution in [3.63, 3.8) is 0 Å². The molecule has 0 bridgehead atoms. The maximum absolute atomic E-state index is 12.1. The van der Waals surface area contributed by atoms with Gasteiger partial charge in [-0.3, -0.25) is 14.4 Å². The number of hydrogen-bond donors (Lipinski definition) is 0. The van der Waals surface area contributed by atoms with Gasteiger partial charge in [0.25, 0.3) is 0 Å². The lowest BCUT2D eigenvalue weighted by molar-refractivity contribution is -0.149. The molecule has 6 heteroatoms. The first-order valence-electron chi connectivity index (χ1n) is 6.79. The van der Waals surface area contributed by atoms with Crippen LogP contribution < -0.4 is 0 Å². The van der Waals surface area contributed by atoms with Gasteiger partial charge in [-0.05, 0) is 19.8 Å². The number of amides is 2. The minimum atomic E-state index is -0.406. The Morgan fingerprint density at radius 3 is 2.63 bits per heavy atom. The highest BCUT2D eigenvalue weighted by Crippen LogP contribution is 2.09. The summed E-state index contributed by atoms with van der Waals surface area (Å²) < 4.78 is 4.85. The average molecular weight is 270 g/mol. The Labute approximate surface area is 113 Å². The van der Waals surface area contributed by atoms with Crippen LogP contribution >= 0.6 is 0 Å². The van der Waals surface area contributed by atoms with Crippen LogP contribution in [0.25, 0.3) is 0 Å². The highest BCUT2D eigenvalue weighted by Gasteiger charge is 2.25. The molecule has 0 aromatic carbocycles. The summed E-state index contributed by atoms with van der Waals surface area (Å²) in [7, 11) is 0. The van der Waals surface area contributed by atoms with Crippen molar-refractivity contribution in [2.45, 2.75) is 33.1 Å². The van der Waals surface area contributed by atoms with E-state index in [-0.39, 0.29) is 24.9 Å². The van der Waals surface area contributed by atoms with Crippen LogP contribution in [0.2, 0.25) is 0 Å². The zero-order valence-corrected chi connectivity index (χ0v) is 11.7. The molecule has 0 radical (unpaired) electrons. The SMILES string of the molecule is CCCN(CC(=O)OCC)C(=O)CN1CCCC1=O. The number of likely N-dealkylation sites (tertiary alicyclic amines) is 1. The first kappa shape index (κ1) is 15.5. The van der Waals surface area contributed by atoms with E-state index in [4.69, 9.17) is 4.74 Å². The van der Waals surface area contributed by atoms with Gasteiger partial charge in [0.2, 0.25) is 11.8 Å². The Morgan fingerprint density at radius 1 is 1.37 bits per heavy atom. The molecule has 2 amide bonds. The molecular weight excluding hydrogens is 248 g/mol. The molecule has 0 N–H and O–H groups in total. The molecule has 0 saturated carbocycles. The van der Waals surface area contributed by atoms with Gasteiger partial charge in [0.1, 0.15) is 6.54 Å². The summed E-state index contributed by atoms with van der Waals surface area (Å²) >= 11 is 0. The van der Waals surface area contributed by atoms with Crippen molar-refractivity contribution in [3.8, 4) is 0 Å². The molecule has 19 heavy (non-hydrogen) atoms. The molecule has 1 aliphatic heterocycles. The molecule has 1 rings (SSSR count). The second-order valence-corrected chi connectivity index (χ2v) is 4.54. The average Bonchev–Trinajstić information content (AvgIpc) is 2.75. The fourth-order valence-electron chi connectivity index (χ4n) is 2.06. The number of rotatable bonds is 7. The molecule has 6 nitrogen and oxygen atoms in total. The quantitative estimate of drug-likeness (QED) is 0.628. The molecule has 0 aromatic heterocycles. The van der Waals surface area contributed by atoms with Crippen LogP contribution in [0.1, 0.15) is 33.1 Å². The Hall–Kier alpha value is -1.59. The highest BCUT2D eigenvalue weighted by atomic mass is 16.5. The Bertz CT molecular complexity index is 344. The summed E-state index contributed by atoms with van der Waals surface area (Å²) in [5.41, 5.74) is 0. The summed E-state index contributed by atoms with van der Waals surface area (Å²) in [6, 6.07) is 0. The van der Waals surface area contributed by atoms with Gasteiger partial charge >= 0.3 is 5.97 Å². The third kappa shape index (κ3) is 4.89. The first-order valence-corrected chi connectivity index (χ1v) is 6.79. The monoisotopic (exact) mass is 270 g/mol. The number of ether oxygens (including phenoxy) is 1. The van der Waals surface area contributed by atoms with Crippen molar-refractivity contribution in [1.82, 2.24) is 9.80 Å². The largest absolute Gasteiger partial charge is 0.465 e. The van der Waals surface area contributed by atoms with Crippen LogP contribution in [0, 0.1) is 0 Å². The van der Waals surface area contributed by atoms with Crippen molar-refractivity contribution >= 4 is 17.8 Å². The molecule has 1 fully saturated rings. The molecular formula is C13H22N2O4. The number of carbonyl (C=O) groups excluding carboxylic acids is 3. The van der Waals surface area contributed by atoms with Gasteiger partial charge in [0, 0.05) is 19.5 Å². The smallest absolute Gasteiger partial charge is 0.325 e. The lowest BCUT2D eigenvalue weighted by atomic mass is 10.3. The number of esters is 1. The van der Waals surface area contributed by atoms with Crippen molar-refractivity contribution < 1.29 is 19.1 Å². The normalized spacial score (nSPS) is 14.6. The third-order valence-electron chi connectivity index (χ3n) is 2.97. The van der Waals surface area contributed by atoms with Gasteiger partial charge in [0.15, 0.2) is 0 Å². The lowest BCUT2D eigenvalue weighted by Crippen LogP contribution is -2.43. The van der Waals surface area contributed by atoms with E-state index in [2.05, 4.69) is 0 Å². The van der Waals surface area contributed by atoms with Gasteiger partial charge in [-0.15, -0.1) is 0 Å². The van der Waals surface area contributed by atoms with E-state index in [0.717, 1.165) is 12.8 Å². The highest BCUT2D eigenvalue weighted by molar-refractivity contribution is 5.87. The van der Waals surface area contributed by atoms with Crippen LogP contribution in [0.3, 0.4) is 0 Å². The minimum Gasteiger partial charge on any atom is -0.465 e. The standard InChI is InChI=1S/C13H22N2O4/c1-3-7-14(10-13(18)19-4-2)12(17)9-15-8-5-6-11(15)16/h3-10H2,1-2H3. The number of carbonyl (C=O) groups is 3. The second kappa shape index (κ2) is 7.76. The fraction of sp³-hybridized carbons (Fsp3) is 0.769. The summed E-state index contributed by atoms with van der Waals surface area (Å²) in [5, 5.41) is 0. The molecule has 108 valence electrons. The number of nitrogens with zero attached hydrogens (tertiary/aromatic N) is 2. The molecule has 0 spiro atoms. The predicted octanol–water partition coefficient (Wildman–Crippen LogP) is 0.410. The summed E-state index contributed by atoms with van der Waals surface area (Å²) in [6.45, 7) is 5.13. The van der Waals surface area contributed by atoms with Gasteiger partial charge in [-0.1, -0.05) is 6.92 Å². The third-order valence-corrected chi connectivity index (χ3v) is 2.97. The van der Waals surface area contributed by atoms with Gasteiger partial charge in [-0.2, -0.15) is 0 Å². The molecule has 0 aromatic rings. The summed E-state index contributed by atoms with van der Waals surface area (Å²) in [6.07, 6.45) is 2.08. The molecule has 0 atom stereocenters. The van der Waals surface area contributed by atoms with Gasteiger partial charge in [0.05, 0.1) is 13.2 Å². The topological polar surface area (TPSA) is 66.9 Å². The van der Waals surface area contributed by atoms with E-state index in [1.807, 2.05) is 6.92 Å². The van der Waals surface area contributed by atoms with E-state index in [0.29, 0.717) is 26.1 Å². The predicted molar refractivity (Wildman–Crippen MR) is 69.3 cm³/mol. The van der Waals surface area contributed by atoms with E-state index in [9.17, 15) is 14.4 Å². The van der Waals surface area contributed by atoms with Crippen LogP contribution in [-0.4, -0.2) is 60.4 Å². The first-order chi connectivity index (χ1) is 9.08. The Kier molecular flexibility index (Phi) is 6.32. The van der Waals surface area contributed by atoms with E-state index < -0.39 is 5.97 Å². The van der Waals surface area contributed by atoms with Crippen molar-refractivity contribution in [1.29, 1.82) is 0 Å². The fourth-order valence-corrected chi connectivity index (χ4v) is 2.06. The van der Waals surface area contributed by atoms with Crippen molar-refractivity contribution in [2.75, 3.05) is 32.8 Å². The van der Waals surface area contributed by atoms with Crippen LogP contribution in [0.4, 0.5) is 0 Å². The lowest BCUT2D eigenvalue weighted by Gasteiger charge is -2.24.